The minimum atomic E-state index is -0.415. The van der Waals surface area contributed by atoms with Crippen LogP contribution < -0.4 is 5.32 Å². The highest BCUT2D eigenvalue weighted by Gasteiger charge is 2.16. The molecule has 21 heavy (non-hydrogen) atoms. The summed E-state index contributed by atoms with van der Waals surface area (Å²) in [5.41, 5.74) is 1.43. The van der Waals surface area contributed by atoms with Crippen LogP contribution in [0.5, 0.6) is 0 Å². The number of aromatic nitrogens is 2. The fourth-order valence-electron chi connectivity index (χ4n) is 2.03. The second-order valence-electron chi connectivity index (χ2n) is 4.71. The van der Waals surface area contributed by atoms with Gasteiger partial charge in [-0.3, -0.25) is 10.1 Å². The lowest BCUT2D eigenvalue weighted by Gasteiger charge is -2.06. The highest BCUT2D eigenvalue weighted by molar-refractivity contribution is 6.31. The maximum atomic E-state index is 11.1. The van der Waals surface area contributed by atoms with Crippen molar-refractivity contribution in [3.05, 3.63) is 57.1 Å². The highest BCUT2D eigenvalue weighted by Crippen LogP contribution is 2.27. The number of nitro benzene ring substituents is 1. The Balaban J connectivity index is 2.13. The van der Waals surface area contributed by atoms with E-state index < -0.39 is 4.92 Å². The number of benzene rings is 1. The Morgan fingerprint density at radius 2 is 2.29 bits per heavy atom. The minimum absolute atomic E-state index is 0.0295. The summed E-state index contributed by atoms with van der Waals surface area (Å²) in [4.78, 5) is 14.9. The Bertz CT molecular complexity index is 627. The largest absolute Gasteiger partial charge is 0.332 e. The summed E-state index contributed by atoms with van der Waals surface area (Å²) in [5.74, 6) is 0. The average Bonchev–Trinajstić information content (AvgIpc) is 2.89. The summed E-state index contributed by atoms with van der Waals surface area (Å²) in [6.45, 7) is 4.05. The third-order valence-corrected chi connectivity index (χ3v) is 3.41. The molecule has 2 rings (SSSR count). The van der Waals surface area contributed by atoms with Gasteiger partial charge < -0.3 is 9.88 Å². The van der Waals surface area contributed by atoms with Gasteiger partial charge in [0.05, 0.1) is 34.1 Å². The van der Waals surface area contributed by atoms with Crippen molar-refractivity contribution >= 4 is 17.3 Å². The zero-order valence-corrected chi connectivity index (χ0v) is 12.5. The Morgan fingerprint density at radius 3 is 3.00 bits per heavy atom. The van der Waals surface area contributed by atoms with Gasteiger partial charge in [-0.05, 0) is 19.0 Å². The normalized spacial score (nSPS) is 10.8. The summed E-state index contributed by atoms with van der Waals surface area (Å²) < 4.78 is 1.80. The van der Waals surface area contributed by atoms with Crippen molar-refractivity contribution in [2.75, 3.05) is 6.54 Å². The third-order valence-electron chi connectivity index (χ3n) is 3.05. The lowest BCUT2D eigenvalue weighted by molar-refractivity contribution is -0.385. The van der Waals surface area contributed by atoms with E-state index in [1.807, 2.05) is 6.20 Å². The molecule has 0 fully saturated rings. The van der Waals surface area contributed by atoms with Gasteiger partial charge in [-0.15, -0.1) is 0 Å². The zero-order valence-electron chi connectivity index (χ0n) is 11.8. The van der Waals surface area contributed by atoms with Crippen molar-refractivity contribution in [3.8, 4) is 0 Å². The molecule has 112 valence electrons. The number of rotatable bonds is 7. The molecule has 7 heteroatoms. The first kappa shape index (κ1) is 15.5. The molecule has 0 unspecified atom stereocenters. The van der Waals surface area contributed by atoms with Gasteiger partial charge in [-0.1, -0.05) is 24.6 Å². The molecule has 1 N–H and O–H groups in total. The number of hydrogen-bond acceptors (Lipinski definition) is 4. The van der Waals surface area contributed by atoms with Crippen molar-refractivity contribution in [1.29, 1.82) is 0 Å². The van der Waals surface area contributed by atoms with E-state index in [2.05, 4.69) is 17.2 Å². The lowest BCUT2D eigenvalue weighted by atomic mass is 10.2. The van der Waals surface area contributed by atoms with Crippen LogP contribution in [-0.2, 0) is 13.1 Å². The maximum Gasteiger partial charge on any atom is 0.275 e. The van der Waals surface area contributed by atoms with Crippen molar-refractivity contribution in [2.24, 2.45) is 0 Å². The molecule has 0 atom stereocenters. The van der Waals surface area contributed by atoms with E-state index in [1.165, 1.54) is 6.07 Å². The quantitative estimate of drug-likeness (QED) is 0.485. The number of nitro groups is 1. The molecule has 0 bridgehead atoms. The smallest absolute Gasteiger partial charge is 0.275 e. The molecule has 0 amide bonds. The van der Waals surface area contributed by atoms with Crippen LogP contribution in [0.3, 0.4) is 0 Å². The van der Waals surface area contributed by atoms with Crippen LogP contribution in [0.1, 0.15) is 24.6 Å². The summed E-state index contributed by atoms with van der Waals surface area (Å²) in [6, 6.07) is 4.70. The third kappa shape index (κ3) is 4.03. The van der Waals surface area contributed by atoms with Gasteiger partial charge in [0, 0.05) is 18.8 Å². The van der Waals surface area contributed by atoms with E-state index in [0.717, 1.165) is 18.7 Å². The summed E-state index contributed by atoms with van der Waals surface area (Å²) in [7, 11) is 0. The average molecular weight is 309 g/mol. The first-order chi connectivity index (χ1) is 10.1. The molecule has 0 aliphatic heterocycles. The molecule has 0 aliphatic carbocycles. The van der Waals surface area contributed by atoms with Gasteiger partial charge in [-0.25, -0.2) is 4.98 Å². The fraction of sp³-hybridized carbons (Fsp3) is 0.357. The maximum absolute atomic E-state index is 11.1. The van der Waals surface area contributed by atoms with Gasteiger partial charge in [0.1, 0.15) is 0 Å². The number of hydrogen-bond donors (Lipinski definition) is 1. The molecular formula is C14H17ClN4O2. The molecule has 1 heterocycles. The molecule has 1 aromatic carbocycles. The molecule has 0 saturated heterocycles. The second kappa shape index (κ2) is 7.19. The van der Waals surface area contributed by atoms with Gasteiger partial charge in [0.25, 0.3) is 5.69 Å². The molecule has 0 radical (unpaired) electrons. The van der Waals surface area contributed by atoms with E-state index in [0.29, 0.717) is 23.7 Å². The van der Waals surface area contributed by atoms with Gasteiger partial charge in [0.15, 0.2) is 0 Å². The van der Waals surface area contributed by atoms with E-state index in [9.17, 15) is 10.1 Å². The Kier molecular flexibility index (Phi) is 5.30. The van der Waals surface area contributed by atoms with E-state index in [1.54, 1.807) is 23.0 Å². The molecule has 1 aromatic heterocycles. The van der Waals surface area contributed by atoms with Crippen LogP contribution in [0.15, 0.2) is 30.7 Å². The van der Waals surface area contributed by atoms with E-state index in [4.69, 9.17) is 11.6 Å². The molecule has 0 saturated carbocycles. The van der Waals surface area contributed by atoms with Crippen LogP contribution in [0.25, 0.3) is 0 Å². The number of nitrogens with zero attached hydrogens (tertiary/aromatic N) is 3. The second-order valence-corrected chi connectivity index (χ2v) is 5.12. The van der Waals surface area contributed by atoms with Gasteiger partial charge >= 0.3 is 0 Å². The Morgan fingerprint density at radius 1 is 1.48 bits per heavy atom. The Labute approximate surface area is 127 Å². The summed E-state index contributed by atoms with van der Waals surface area (Å²) in [5, 5.41) is 14.7. The molecule has 0 aliphatic rings. The molecule has 0 spiro atoms. The molecular weight excluding hydrogens is 292 g/mol. The number of imidazole rings is 1. The molecule has 6 nitrogen and oxygen atoms in total. The van der Waals surface area contributed by atoms with Crippen molar-refractivity contribution < 1.29 is 4.92 Å². The number of nitrogens with one attached hydrogen (secondary N) is 1. The monoisotopic (exact) mass is 308 g/mol. The summed E-state index contributed by atoms with van der Waals surface area (Å²) >= 11 is 6.08. The zero-order chi connectivity index (χ0) is 15.2. The van der Waals surface area contributed by atoms with Crippen LogP contribution in [0.4, 0.5) is 5.69 Å². The predicted octanol–water partition coefficient (Wildman–Crippen LogP) is 2.99. The van der Waals surface area contributed by atoms with E-state index >= 15 is 0 Å². The fourth-order valence-corrected chi connectivity index (χ4v) is 2.26. The first-order valence-electron chi connectivity index (χ1n) is 6.75. The number of halogens is 1. The van der Waals surface area contributed by atoms with E-state index in [-0.39, 0.29) is 5.69 Å². The van der Waals surface area contributed by atoms with Gasteiger partial charge in [0.2, 0.25) is 0 Å². The first-order valence-corrected chi connectivity index (χ1v) is 7.12. The highest BCUT2D eigenvalue weighted by atomic mass is 35.5. The predicted molar refractivity (Wildman–Crippen MR) is 81.4 cm³/mol. The van der Waals surface area contributed by atoms with Gasteiger partial charge in [-0.2, -0.15) is 0 Å². The van der Waals surface area contributed by atoms with Crippen LogP contribution in [0.2, 0.25) is 5.02 Å². The standard InChI is InChI=1S/C14H17ClN4O2/c1-2-6-16-7-11-8-18(10-17-11)9-12-13(15)4-3-5-14(12)19(20)21/h3-5,8,10,16H,2,6-7,9H2,1H3. The van der Waals surface area contributed by atoms with Crippen molar-refractivity contribution in [3.63, 3.8) is 0 Å². The SMILES string of the molecule is CCCNCc1cn(Cc2c(Cl)cccc2[N+](=O)[O-])cn1. The lowest BCUT2D eigenvalue weighted by Crippen LogP contribution is -2.13. The summed E-state index contributed by atoms with van der Waals surface area (Å²) in [6.07, 6.45) is 4.60. The van der Waals surface area contributed by atoms with Crippen molar-refractivity contribution in [2.45, 2.75) is 26.4 Å². The van der Waals surface area contributed by atoms with Crippen LogP contribution in [0, 0.1) is 10.1 Å². The van der Waals surface area contributed by atoms with Crippen LogP contribution in [-0.4, -0.2) is 21.0 Å². The van der Waals surface area contributed by atoms with Crippen molar-refractivity contribution in [1.82, 2.24) is 14.9 Å². The Hall–Kier alpha value is -1.92. The van der Waals surface area contributed by atoms with Crippen LogP contribution >= 0.6 is 11.6 Å². The topological polar surface area (TPSA) is 73.0 Å². The molecule has 2 aromatic rings. The minimum Gasteiger partial charge on any atom is -0.332 e.